The molecule has 0 aromatic heterocycles. The Morgan fingerprint density at radius 3 is 2.69 bits per heavy atom. The summed E-state index contributed by atoms with van der Waals surface area (Å²) in [6, 6.07) is 7.49. The highest BCUT2D eigenvalue weighted by Crippen LogP contribution is 2.17. The number of unbranched alkanes of at least 4 members (excludes halogenated alkanes) is 2. The molecule has 0 bridgehead atoms. The SMILES string of the molecule is NC(=S)c1ccccc1OCCCCCO. The number of benzene rings is 1. The van der Waals surface area contributed by atoms with E-state index in [1.165, 1.54) is 0 Å². The molecule has 16 heavy (non-hydrogen) atoms. The van der Waals surface area contributed by atoms with Crippen molar-refractivity contribution in [2.75, 3.05) is 13.2 Å². The van der Waals surface area contributed by atoms with Gasteiger partial charge >= 0.3 is 0 Å². The zero-order chi connectivity index (χ0) is 11.8. The Morgan fingerprint density at radius 2 is 2.00 bits per heavy atom. The third-order valence-electron chi connectivity index (χ3n) is 2.21. The first-order valence-electron chi connectivity index (χ1n) is 5.38. The predicted octanol–water partition coefficient (Wildman–Crippen LogP) is 1.86. The van der Waals surface area contributed by atoms with Gasteiger partial charge in [0.05, 0.1) is 12.2 Å². The van der Waals surface area contributed by atoms with Crippen LogP contribution in [0.2, 0.25) is 0 Å². The number of rotatable bonds is 7. The molecule has 0 spiro atoms. The number of aliphatic hydroxyl groups excluding tert-OH is 1. The zero-order valence-corrected chi connectivity index (χ0v) is 10.0. The minimum atomic E-state index is 0.240. The highest BCUT2D eigenvalue weighted by molar-refractivity contribution is 7.80. The van der Waals surface area contributed by atoms with Gasteiger partial charge in [-0.05, 0) is 31.4 Å². The highest BCUT2D eigenvalue weighted by atomic mass is 32.1. The smallest absolute Gasteiger partial charge is 0.129 e. The van der Waals surface area contributed by atoms with Crippen LogP contribution in [0.15, 0.2) is 24.3 Å². The van der Waals surface area contributed by atoms with E-state index in [0.29, 0.717) is 11.6 Å². The fourth-order valence-electron chi connectivity index (χ4n) is 1.37. The summed E-state index contributed by atoms with van der Waals surface area (Å²) in [4.78, 5) is 0.353. The molecule has 0 aliphatic carbocycles. The van der Waals surface area contributed by atoms with E-state index in [1.807, 2.05) is 24.3 Å². The quantitative estimate of drug-likeness (QED) is 0.563. The predicted molar refractivity (Wildman–Crippen MR) is 68.8 cm³/mol. The molecule has 3 nitrogen and oxygen atoms in total. The average Bonchev–Trinajstić information content (AvgIpc) is 2.29. The molecule has 0 radical (unpaired) electrons. The van der Waals surface area contributed by atoms with Crippen LogP contribution in [0.1, 0.15) is 24.8 Å². The Labute approximate surface area is 101 Å². The molecule has 3 N–H and O–H groups in total. The number of nitrogens with two attached hydrogens (primary N) is 1. The first-order chi connectivity index (χ1) is 7.75. The minimum Gasteiger partial charge on any atom is -0.493 e. The Morgan fingerprint density at radius 1 is 1.25 bits per heavy atom. The Kier molecular flexibility index (Phi) is 5.82. The summed E-state index contributed by atoms with van der Waals surface area (Å²) < 4.78 is 5.60. The van der Waals surface area contributed by atoms with E-state index in [9.17, 15) is 0 Å². The molecule has 0 saturated heterocycles. The Balaban J connectivity index is 2.44. The van der Waals surface area contributed by atoms with Crippen molar-refractivity contribution in [3.05, 3.63) is 29.8 Å². The highest BCUT2D eigenvalue weighted by Gasteiger charge is 2.04. The van der Waals surface area contributed by atoms with Crippen molar-refractivity contribution in [2.45, 2.75) is 19.3 Å². The number of thiocarbonyl (C=S) groups is 1. The van der Waals surface area contributed by atoms with Gasteiger partial charge in [0.1, 0.15) is 10.7 Å². The molecule has 88 valence electrons. The number of para-hydroxylation sites is 1. The second kappa shape index (κ2) is 7.19. The number of hydrogen-bond acceptors (Lipinski definition) is 3. The molecule has 0 aliphatic rings. The molecule has 0 atom stereocenters. The van der Waals surface area contributed by atoms with Crippen molar-refractivity contribution >= 4 is 17.2 Å². The maximum Gasteiger partial charge on any atom is 0.129 e. The fourth-order valence-corrected chi connectivity index (χ4v) is 1.54. The van der Waals surface area contributed by atoms with Crippen LogP contribution in [0.3, 0.4) is 0 Å². The van der Waals surface area contributed by atoms with Crippen LogP contribution in [0, 0.1) is 0 Å². The number of ether oxygens (including phenoxy) is 1. The lowest BCUT2D eigenvalue weighted by molar-refractivity contribution is 0.266. The molecule has 0 unspecified atom stereocenters. The van der Waals surface area contributed by atoms with E-state index >= 15 is 0 Å². The van der Waals surface area contributed by atoms with Crippen molar-refractivity contribution < 1.29 is 9.84 Å². The second-order valence-electron chi connectivity index (χ2n) is 3.49. The van der Waals surface area contributed by atoms with Crippen LogP contribution in [-0.2, 0) is 0 Å². The molecule has 4 heteroatoms. The topological polar surface area (TPSA) is 55.5 Å². The molecule has 0 fully saturated rings. The molecule has 1 aromatic carbocycles. The normalized spacial score (nSPS) is 10.1. The average molecular weight is 239 g/mol. The van der Waals surface area contributed by atoms with Gasteiger partial charge in [0.25, 0.3) is 0 Å². The molecule has 1 rings (SSSR count). The molecule has 0 aliphatic heterocycles. The number of aliphatic hydroxyl groups is 1. The van der Waals surface area contributed by atoms with Gasteiger partial charge in [-0.2, -0.15) is 0 Å². The first-order valence-corrected chi connectivity index (χ1v) is 5.79. The van der Waals surface area contributed by atoms with Gasteiger partial charge in [-0.1, -0.05) is 24.4 Å². The zero-order valence-electron chi connectivity index (χ0n) is 9.19. The lowest BCUT2D eigenvalue weighted by Crippen LogP contribution is -2.12. The summed E-state index contributed by atoms with van der Waals surface area (Å²) in [5.41, 5.74) is 6.36. The van der Waals surface area contributed by atoms with E-state index in [4.69, 9.17) is 27.8 Å². The van der Waals surface area contributed by atoms with E-state index < -0.39 is 0 Å². The second-order valence-corrected chi connectivity index (χ2v) is 3.93. The van der Waals surface area contributed by atoms with Crippen molar-refractivity contribution in [1.82, 2.24) is 0 Å². The van der Waals surface area contributed by atoms with E-state index in [1.54, 1.807) is 0 Å². The minimum absolute atomic E-state index is 0.240. The van der Waals surface area contributed by atoms with Gasteiger partial charge in [0, 0.05) is 6.61 Å². The van der Waals surface area contributed by atoms with Crippen molar-refractivity contribution in [1.29, 1.82) is 0 Å². The van der Waals surface area contributed by atoms with Gasteiger partial charge in [-0.15, -0.1) is 0 Å². The lowest BCUT2D eigenvalue weighted by atomic mass is 10.2. The first kappa shape index (κ1) is 12.9. The Bertz CT molecular complexity index is 342. The van der Waals surface area contributed by atoms with Gasteiger partial charge in [-0.25, -0.2) is 0 Å². The van der Waals surface area contributed by atoms with E-state index in [0.717, 1.165) is 30.6 Å². The van der Waals surface area contributed by atoms with Crippen LogP contribution in [0.25, 0.3) is 0 Å². The monoisotopic (exact) mass is 239 g/mol. The van der Waals surface area contributed by atoms with Gasteiger partial charge in [0.15, 0.2) is 0 Å². The maximum absolute atomic E-state index is 8.63. The van der Waals surface area contributed by atoms with Crippen LogP contribution >= 0.6 is 12.2 Å². The molecule has 0 amide bonds. The summed E-state index contributed by atoms with van der Waals surface area (Å²) in [7, 11) is 0. The summed E-state index contributed by atoms with van der Waals surface area (Å²) in [6.07, 6.45) is 2.71. The van der Waals surface area contributed by atoms with Gasteiger partial charge in [0.2, 0.25) is 0 Å². The van der Waals surface area contributed by atoms with Crippen molar-refractivity contribution in [3.8, 4) is 5.75 Å². The largest absolute Gasteiger partial charge is 0.493 e. The summed E-state index contributed by atoms with van der Waals surface area (Å²) in [5.74, 6) is 0.735. The van der Waals surface area contributed by atoms with E-state index in [2.05, 4.69) is 0 Å². The van der Waals surface area contributed by atoms with Crippen molar-refractivity contribution in [3.63, 3.8) is 0 Å². The Hall–Kier alpha value is -1.13. The summed E-state index contributed by atoms with van der Waals surface area (Å²) in [6.45, 7) is 0.864. The third-order valence-corrected chi connectivity index (χ3v) is 2.43. The summed E-state index contributed by atoms with van der Waals surface area (Å²) >= 11 is 4.93. The van der Waals surface area contributed by atoms with Crippen LogP contribution in [-0.4, -0.2) is 23.3 Å². The molecule has 0 heterocycles. The molecule has 1 aromatic rings. The fraction of sp³-hybridized carbons (Fsp3) is 0.417. The molecular formula is C12H17NO2S. The van der Waals surface area contributed by atoms with E-state index in [-0.39, 0.29) is 6.61 Å². The summed E-state index contributed by atoms with van der Waals surface area (Å²) in [5, 5.41) is 8.63. The lowest BCUT2D eigenvalue weighted by Gasteiger charge is -2.09. The van der Waals surface area contributed by atoms with Crippen LogP contribution in [0.5, 0.6) is 5.75 Å². The number of hydrogen-bond donors (Lipinski definition) is 2. The van der Waals surface area contributed by atoms with Crippen LogP contribution < -0.4 is 10.5 Å². The maximum atomic E-state index is 8.63. The van der Waals surface area contributed by atoms with Crippen molar-refractivity contribution in [2.24, 2.45) is 5.73 Å². The standard InChI is InChI=1S/C12H17NO2S/c13-12(16)10-6-2-3-7-11(10)15-9-5-1-4-8-14/h2-3,6-7,14H,1,4-5,8-9H2,(H2,13,16). The molecule has 0 saturated carbocycles. The molecular weight excluding hydrogens is 222 g/mol. The third kappa shape index (κ3) is 4.16. The van der Waals surface area contributed by atoms with Gasteiger partial charge < -0.3 is 15.6 Å². The van der Waals surface area contributed by atoms with Crippen LogP contribution in [0.4, 0.5) is 0 Å². The van der Waals surface area contributed by atoms with Gasteiger partial charge in [-0.3, -0.25) is 0 Å².